The van der Waals surface area contributed by atoms with Crippen molar-refractivity contribution in [2.75, 3.05) is 11.9 Å². The molecule has 0 fully saturated rings. The predicted molar refractivity (Wildman–Crippen MR) is 83.0 cm³/mol. The molecule has 1 aromatic heterocycles. The van der Waals surface area contributed by atoms with Crippen LogP contribution in [0.25, 0.3) is 22.4 Å². The van der Waals surface area contributed by atoms with Gasteiger partial charge >= 0.3 is 0 Å². The molecule has 2 aromatic carbocycles. The van der Waals surface area contributed by atoms with Gasteiger partial charge in [0.25, 0.3) is 0 Å². The fourth-order valence-corrected chi connectivity index (χ4v) is 3.06. The second kappa shape index (κ2) is 4.37. The van der Waals surface area contributed by atoms with Gasteiger partial charge in [-0.25, -0.2) is 4.98 Å². The first-order valence-electron chi connectivity index (χ1n) is 7.19. The van der Waals surface area contributed by atoms with Crippen molar-refractivity contribution in [1.29, 1.82) is 0 Å². The minimum absolute atomic E-state index is 0.936. The van der Waals surface area contributed by atoms with E-state index in [-0.39, 0.29) is 0 Å². The summed E-state index contributed by atoms with van der Waals surface area (Å²) >= 11 is 0. The molecular formula is C17H17N3. The molecule has 0 saturated carbocycles. The predicted octanol–water partition coefficient (Wildman–Crippen LogP) is 3.69. The van der Waals surface area contributed by atoms with E-state index in [0.717, 1.165) is 30.9 Å². The molecule has 100 valence electrons. The number of nitrogens with one attached hydrogen (secondary N) is 1. The number of aryl methyl sites for hydroxylation is 1. The highest BCUT2D eigenvalue weighted by Gasteiger charge is 2.15. The van der Waals surface area contributed by atoms with Crippen LogP contribution in [0.2, 0.25) is 0 Å². The van der Waals surface area contributed by atoms with Gasteiger partial charge in [-0.2, -0.15) is 0 Å². The Bertz CT molecular complexity index is 786. The Hall–Kier alpha value is -2.29. The van der Waals surface area contributed by atoms with Gasteiger partial charge in [-0.05, 0) is 49.2 Å². The van der Waals surface area contributed by atoms with E-state index < -0.39 is 0 Å². The lowest BCUT2D eigenvalue weighted by atomic mass is 10.1. The van der Waals surface area contributed by atoms with Crippen molar-refractivity contribution in [2.24, 2.45) is 0 Å². The highest BCUT2D eigenvalue weighted by atomic mass is 15.1. The van der Waals surface area contributed by atoms with E-state index in [9.17, 15) is 0 Å². The summed E-state index contributed by atoms with van der Waals surface area (Å²) in [6.45, 7) is 4.15. The first-order valence-corrected chi connectivity index (χ1v) is 7.19. The molecule has 0 radical (unpaired) electrons. The minimum atomic E-state index is 0.936. The van der Waals surface area contributed by atoms with Gasteiger partial charge in [0.15, 0.2) is 0 Å². The van der Waals surface area contributed by atoms with E-state index in [4.69, 9.17) is 4.98 Å². The molecule has 2 heterocycles. The third-order valence-corrected chi connectivity index (χ3v) is 4.04. The van der Waals surface area contributed by atoms with Gasteiger partial charge in [0, 0.05) is 24.3 Å². The molecule has 0 spiro atoms. The number of rotatable bonds is 2. The summed E-state index contributed by atoms with van der Waals surface area (Å²) in [5.41, 5.74) is 6.17. The first kappa shape index (κ1) is 11.5. The lowest BCUT2D eigenvalue weighted by Crippen LogP contribution is -1.97. The summed E-state index contributed by atoms with van der Waals surface area (Å²) in [4.78, 5) is 4.82. The summed E-state index contributed by atoms with van der Waals surface area (Å²) in [6.07, 6.45) is 1.11. The number of hydrogen-bond acceptors (Lipinski definition) is 2. The van der Waals surface area contributed by atoms with E-state index >= 15 is 0 Å². The highest BCUT2D eigenvalue weighted by Crippen LogP contribution is 2.30. The van der Waals surface area contributed by atoms with Crippen molar-refractivity contribution >= 4 is 16.7 Å². The average Bonchev–Trinajstić information content (AvgIpc) is 3.10. The van der Waals surface area contributed by atoms with Crippen LogP contribution < -0.4 is 5.32 Å². The molecule has 0 aliphatic carbocycles. The fourth-order valence-electron chi connectivity index (χ4n) is 3.06. The SMILES string of the molecule is CCn1c(-c2ccc3c(c2)CCN3)nc2ccccc21. The van der Waals surface area contributed by atoms with E-state index in [1.807, 2.05) is 6.07 Å². The van der Waals surface area contributed by atoms with Crippen molar-refractivity contribution < 1.29 is 0 Å². The molecule has 0 atom stereocenters. The highest BCUT2D eigenvalue weighted by molar-refractivity contribution is 5.81. The van der Waals surface area contributed by atoms with Gasteiger partial charge in [-0.3, -0.25) is 0 Å². The van der Waals surface area contributed by atoms with Crippen molar-refractivity contribution in [3.63, 3.8) is 0 Å². The molecule has 0 bridgehead atoms. The maximum Gasteiger partial charge on any atom is 0.141 e. The number of aromatic nitrogens is 2. The number of nitrogens with zero attached hydrogens (tertiary/aromatic N) is 2. The number of fused-ring (bicyclic) bond motifs is 2. The fraction of sp³-hybridized carbons (Fsp3) is 0.235. The molecule has 0 saturated heterocycles. The van der Waals surface area contributed by atoms with Gasteiger partial charge in [0.1, 0.15) is 5.82 Å². The van der Waals surface area contributed by atoms with Crippen molar-refractivity contribution in [3.05, 3.63) is 48.0 Å². The van der Waals surface area contributed by atoms with Gasteiger partial charge in [0.05, 0.1) is 11.0 Å². The maximum atomic E-state index is 4.82. The Balaban J connectivity index is 1.93. The topological polar surface area (TPSA) is 29.9 Å². The van der Waals surface area contributed by atoms with Crippen LogP contribution in [0.5, 0.6) is 0 Å². The minimum Gasteiger partial charge on any atom is -0.384 e. The molecule has 1 aliphatic rings. The second-order valence-corrected chi connectivity index (χ2v) is 5.22. The smallest absolute Gasteiger partial charge is 0.141 e. The van der Waals surface area contributed by atoms with Crippen LogP contribution in [0, 0.1) is 0 Å². The van der Waals surface area contributed by atoms with Crippen LogP contribution in [0.3, 0.4) is 0 Å². The van der Waals surface area contributed by atoms with Crippen LogP contribution in [0.4, 0.5) is 5.69 Å². The molecule has 3 nitrogen and oxygen atoms in total. The maximum absolute atomic E-state index is 4.82. The second-order valence-electron chi connectivity index (χ2n) is 5.22. The van der Waals surface area contributed by atoms with Gasteiger partial charge < -0.3 is 9.88 Å². The largest absolute Gasteiger partial charge is 0.384 e. The van der Waals surface area contributed by atoms with Gasteiger partial charge in [-0.1, -0.05) is 12.1 Å². The molecular weight excluding hydrogens is 246 g/mol. The van der Waals surface area contributed by atoms with Crippen molar-refractivity contribution in [2.45, 2.75) is 19.9 Å². The lowest BCUT2D eigenvalue weighted by Gasteiger charge is -2.07. The molecule has 1 N–H and O–H groups in total. The standard InChI is InChI=1S/C17H17N3/c1-2-20-16-6-4-3-5-15(16)19-17(20)13-7-8-14-12(11-13)9-10-18-14/h3-8,11,18H,2,9-10H2,1H3. The first-order chi connectivity index (χ1) is 9.86. The average molecular weight is 263 g/mol. The summed E-state index contributed by atoms with van der Waals surface area (Å²) in [7, 11) is 0. The van der Waals surface area contributed by atoms with Gasteiger partial charge in [0.2, 0.25) is 0 Å². The van der Waals surface area contributed by atoms with Crippen LogP contribution in [0.15, 0.2) is 42.5 Å². The molecule has 4 rings (SSSR count). The summed E-state index contributed by atoms with van der Waals surface area (Å²) in [5.74, 6) is 1.07. The third kappa shape index (κ3) is 1.63. The Morgan fingerprint density at radius 3 is 3.00 bits per heavy atom. The summed E-state index contributed by atoms with van der Waals surface area (Å²) < 4.78 is 2.29. The number of hydrogen-bond donors (Lipinski definition) is 1. The quantitative estimate of drug-likeness (QED) is 0.764. The number of anilines is 1. The summed E-state index contributed by atoms with van der Waals surface area (Å²) in [5, 5.41) is 3.41. The molecule has 1 aliphatic heterocycles. The van der Waals surface area contributed by atoms with Crippen LogP contribution >= 0.6 is 0 Å². The van der Waals surface area contributed by atoms with Crippen molar-refractivity contribution in [3.8, 4) is 11.4 Å². The number of para-hydroxylation sites is 2. The number of imidazole rings is 1. The zero-order valence-corrected chi connectivity index (χ0v) is 11.6. The van der Waals surface area contributed by atoms with Gasteiger partial charge in [-0.15, -0.1) is 0 Å². The van der Waals surface area contributed by atoms with E-state index in [1.165, 1.54) is 22.3 Å². The number of benzene rings is 2. The Kier molecular flexibility index (Phi) is 2.52. The molecule has 3 aromatic rings. The Morgan fingerprint density at radius 1 is 1.20 bits per heavy atom. The van der Waals surface area contributed by atoms with Crippen molar-refractivity contribution in [1.82, 2.24) is 9.55 Å². The third-order valence-electron chi connectivity index (χ3n) is 4.04. The molecule has 20 heavy (non-hydrogen) atoms. The molecule has 0 unspecified atom stereocenters. The molecule has 0 amide bonds. The zero-order valence-electron chi connectivity index (χ0n) is 11.6. The zero-order chi connectivity index (χ0) is 13.5. The Morgan fingerprint density at radius 2 is 2.10 bits per heavy atom. The summed E-state index contributed by atoms with van der Waals surface area (Å²) in [6, 6.07) is 15.0. The van der Waals surface area contributed by atoms with Crippen LogP contribution in [-0.4, -0.2) is 16.1 Å². The monoisotopic (exact) mass is 263 g/mol. The van der Waals surface area contributed by atoms with E-state index in [2.05, 4.69) is 53.2 Å². The molecule has 3 heteroatoms. The van der Waals surface area contributed by atoms with Crippen LogP contribution in [0.1, 0.15) is 12.5 Å². The normalized spacial score (nSPS) is 13.4. The van der Waals surface area contributed by atoms with E-state index in [1.54, 1.807) is 0 Å². The Labute approximate surface area is 118 Å². The van der Waals surface area contributed by atoms with E-state index in [0.29, 0.717) is 0 Å². The van der Waals surface area contributed by atoms with Crippen LogP contribution in [-0.2, 0) is 13.0 Å². The lowest BCUT2D eigenvalue weighted by molar-refractivity contribution is 0.796.